The van der Waals surface area contributed by atoms with E-state index in [9.17, 15) is 4.79 Å². The van der Waals surface area contributed by atoms with Gasteiger partial charge >= 0.3 is 5.97 Å². The first-order valence-corrected chi connectivity index (χ1v) is 10.2. The number of thiophene rings is 1. The topological polar surface area (TPSA) is 70.2 Å². The molecule has 1 atom stereocenters. The first-order valence-electron chi connectivity index (χ1n) is 8.46. The monoisotopic (exact) mass is 389 g/mol. The Hall–Kier alpha value is -2.06. The van der Waals surface area contributed by atoms with Gasteiger partial charge in [-0.1, -0.05) is 17.8 Å². The zero-order chi connectivity index (χ0) is 18.1. The van der Waals surface area contributed by atoms with E-state index in [2.05, 4.69) is 32.3 Å². The van der Waals surface area contributed by atoms with Crippen LogP contribution in [0.5, 0.6) is 0 Å². The molecular weight excluding hydrogens is 370 g/mol. The molecule has 1 fully saturated rings. The maximum atomic E-state index is 11.6. The van der Waals surface area contributed by atoms with Crippen molar-refractivity contribution in [1.29, 1.82) is 0 Å². The van der Waals surface area contributed by atoms with Gasteiger partial charge in [0.05, 0.1) is 12.4 Å². The summed E-state index contributed by atoms with van der Waals surface area (Å²) < 4.78 is 12.6. The molecule has 4 rings (SSSR count). The largest absolute Gasteiger partial charge is 0.463 e. The fraction of sp³-hybridized carbons (Fsp3) is 0.389. The van der Waals surface area contributed by atoms with Crippen LogP contribution in [0, 0.1) is 0 Å². The second-order valence-electron chi connectivity index (χ2n) is 6.21. The molecule has 0 aliphatic heterocycles. The van der Waals surface area contributed by atoms with Crippen molar-refractivity contribution >= 4 is 29.1 Å². The molecule has 1 unspecified atom stereocenters. The number of nitrogens with zero attached hydrogens (tertiary/aromatic N) is 3. The number of hydrogen-bond donors (Lipinski definition) is 0. The summed E-state index contributed by atoms with van der Waals surface area (Å²) in [7, 11) is 1.34. The fourth-order valence-electron chi connectivity index (χ4n) is 2.77. The molecule has 8 heteroatoms. The van der Waals surface area contributed by atoms with Crippen LogP contribution in [0.25, 0.3) is 0 Å². The van der Waals surface area contributed by atoms with E-state index in [0.717, 1.165) is 23.2 Å². The van der Waals surface area contributed by atoms with E-state index in [1.54, 1.807) is 29.2 Å². The van der Waals surface area contributed by atoms with Gasteiger partial charge in [-0.3, -0.25) is 0 Å². The van der Waals surface area contributed by atoms with E-state index in [0.29, 0.717) is 6.04 Å². The predicted octanol–water partition coefficient (Wildman–Crippen LogP) is 4.50. The number of ether oxygens (including phenoxy) is 1. The van der Waals surface area contributed by atoms with Crippen molar-refractivity contribution in [3.63, 3.8) is 0 Å². The Morgan fingerprint density at radius 1 is 1.42 bits per heavy atom. The van der Waals surface area contributed by atoms with Gasteiger partial charge in [0.25, 0.3) is 0 Å². The van der Waals surface area contributed by atoms with Crippen LogP contribution in [0.4, 0.5) is 0 Å². The van der Waals surface area contributed by atoms with Crippen LogP contribution in [0.3, 0.4) is 0 Å². The van der Waals surface area contributed by atoms with Crippen LogP contribution in [-0.4, -0.2) is 27.8 Å². The Morgan fingerprint density at radius 3 is 2.96 bits per heavy atom. The lowest BCUT2D eigenvalue weighted by molar-refractivity contribution is 0.0563. The molecule has 0 radical (unpaired) electrons. The van der Waals surface area contributed by atoms with E-state index in [1.807, 2.05) is 13.0 Å². The summed E-state index contributed by atoms with van der Waals surface area (Å²) in [5, 5.41) is 11.9. The van der Waals surface area contributed by atoms with Crippen LogP contribution >= 0.6 is 23.1 Å². The van der Waals surface area contributed by atoms with Gasteiger partial charge in [-0.2, -0.15) is 0 Å². The SMILES string of the molecule is COC(=O)c1ccc(C(C)Sc2nnc(Cc3cccs3)n2C2CC2)o1. The van der Waals surface area contributed by atoms with Crippen molar-refractivity contribution in [2.45, 2.75) is 42.6 Å². The van der Waals surface area contributed by atoms with Crippen LogP contribution < -0.4 is 0 Å². The molecule has 1 aliphatic rings. The number of aromatic nitrogens is 3. The lowest BCUT2D eigenvalue weighted by Crippen LogP contribution is -2.04. The molecule has 26 heavy (non-hydrogen) atoms. The lowest BCUT2D eigenvalue weighted by atomic mass is 10.3. The molecule has 0 spiro atoms. The normalized spacial score (nSPS) is 15.2. The van der Waals surface area contributed by atoms with Gasteiger partial charge in [-0.15, -0.1) is 21.5 Å². The van der Waals surface area contributed by atoms with Crippen LogP contribution in [0.1, 0.15) is 58.1 Å². The number of carbonyl (C=O) groups excluding carboxylic acids is 1. The Balaban J connectivity index is 1.53. The Morgan fingerprint density at radius 2 is 2.27 bits per heavy atom. The van der Waals surface area contributed by atoms with E-state index in [1.165, 1.54) is 24.8 Å². The molecule has 0 amide bonds. The standard InChI is InChI=1S/C18H19N3O3S2/c1-11(14-7-8-15(24-14)17(22)23-2)26-18-20-19-16(21(18)12-5-6-12)10-13-4-3-9-25-13/h3-4,7-9,11-12H,5-6,10H2,1-2H3. The minimum Gasteiger partial charge on any atom is -0.463 e. The van der Waals surface area contributed by atoms with Gasteiger partial charge in [0.1, 0.15) is 11.6 Å². The van der Waals surface area contributed by atoms with Gasteiger partial charge in [0, 0.05) is 17.3 Å². The number of rotatable bonds is 7. The van der Waals surface area contributed by atoms with E-state index < -0.39 is 5.97 Å². The van der Waals surface area contributed by atoms with E-state index >= 15 is 0 Å². The molecular formula is C18H19N3O3S2. The van der Waals surface area contributed by atoms with Gasteiger partial charge in [-0.05, 0) is 43.3 Å². The molecule has 1 saturated carbocycles. The predicted molar refractivity (Wildman–Crippen MR) is 99.7 cm³/mol. The quantitative estimate of drug-likeness (QED) is 0.438. The highest BCUT2D eigenvalue weighted by Gasteiger charge is 2.31. The number of carbonyl (C=O) groups is 1. The number of thioether (sulfide) groups is 1. The fourth-order valence-corrected chi connectivity index (χ4v) is 4.49. The van der Waals surface area contributed by atoms with Crippen molar-refractivity contribution < 1.29 is 13.9 Å². The molecule has 3 aromatic heterocycles. The minimum atomic E-state index is -0.465. The van der Waals surface area contributed by atoms with E-state index in [-0.39, 0.29) is 11.0 Å². The van der Waals surface area contributed by atoms with Crippen molar-refractivity contribution in [2.24, 2.45) is 0 Å². The maximum absolute atomic E-state index is 11.6. The molecule has 0 N–H and O–H groups in total. The van der Waals surface area contributed by atoms with Crippen molar-refractivity contribution in [3.05, 3.63) is 51.9 Å². The average molecular weight is 390 g/mol. The number of furan rings is 1. The smallest absolute Gasteiger partial charge is 0.373 e. The lowest BCUT2D eigenvalue weighted by Gasteiger charge is -2.11. The molecule has 0 aromatic carbocycles. The molecule has 0 saturated heterocycles. The summed E-state index contributed by atoms with van der Waals surface area (Å²) in [6, 6.07) is 8.14. The highest BCUT2D eigenvalue weighted by Crippen LogP contribution is 2.42. The summed E-state index contributed by atoms with van der Waals surface area (Å²) in [5.41, 5.74) is 0. The highest BCUT2D eigenvalue weighted by molar-refractivity contribution is 7.99. The summed E-state index contributed by atoms with van der Waals surface area (Å²) >= 11 is 3.34. The van der Waals surface area contributed by atoms with E-state index in [4.69, 9.17) is 9.15 Å². The molecule has 3 aromatic rings. The van der Waals surface area contributed by atoms with Crippen LogP contribution in [0.2, 0.25) is 0 Å². The molecule has 136 valence electrons. The molecule has 1 aliphatic carbocycles. The number of hydrogen-bond acceptors (Lipinski definition) is 7. The van der Waals surface area contributed by atoms with Gasteiger partial charge in [0.15, 0.2) is 5.16 Å². The highest BCUT2D eigenvalue weighted by atomic mass is 32.2. The first-order chi connectivity index (χ1) is 12.7. The van der Waals surface area contributed by atoms with Gasteiger partial charge < -0.3 is 13.7 Å². The zero-order valence-corrected chi connectivity index (χ0v) is 16.2. The first kappa shape index (κ1) is 17.4. The minimum absolute atomic E-state index is 0.0182. The number of methoxy groups -OCH3 is 1. The van der Waals surface area contributed by atoms with Crippen molar-refractivity contribution in [1.82, 2.24) is 14.8 Å². The van der Waals surface area contributed by atoms with Crippen LogP contribution in [-0.2, 0) is 11.2 Å². The van der Waals surface area contributed by atoms with Crippen LogP contribution in [0.15, 0.2) is 39.2 Å². The zero-order valence-electron chi connectivity index (χ0n) is 14.5. The van der Waals surface area contributed by atoms with Crippen molar-refractivity contribution in [2.75, 3.05) is 7.11 Å². The molecule has 6 nitrogen and oxygen atoms in total. The summed E-state index contributed by atoms with van der Waals surface area (Å²) in [5.74, 6) is 1.49. The molecule has 0 bridgehead atoms. The Kier molecular flexibility index (Phi) is 4.86. The third kappa shape index (κ3) is 3.57. The second-order valence-corrected chi connectivity index (χ2v) is 8.55. The third-order valence-corrected chi connectivity index (χ3v) is 6.21. The van der Waals surface area contributed by atoms with Crippen molar-refractivity contribution in [3.8, 4) is 0 Å². The summed E-state index contributed by atoms with van der Waals surface area (Å²) in [6.07, 6.45) is 3.15. The Bertz CT molecular complexity index is 897. The second kappa shape index (κ2) is 7.28. The third-order valence-electron chi connectivity index (χ3n) is 4.26. The summed E-state index contributed by atoms with van der Waals surface area (Å²) in [6.45, 7) is 2.04. The Labute approximate surface area is 159 Å². The van der Waals surface area contributed by atoms with Gasteiger partial charge in [-0.25, -0.2) is 4.79 Å². The molecule has 3 heterocycles. The average Bonchev–Trinajstić information content (AvgIpc) is 3.07. The summed E-state index contributed by atoms with van der Waals surface area (Å²) in [4.78, 5) is 12.9. The number of esters is 1. The maximum Gasteiger partial charge on any atom is 0.373 e. The van der Waals surface area contributed by atoms with Gasteiger partial charge in [0.2, 0.25) is 5.76 Å².